The van der Waals surface area contributed by atoms with Crippen LogP contribution >= 0.6 is 11.6 Å². The van der Waals surface area contributed by atoms with Crippen LogP contribution in [0.3, 0.4) is 0 Å². The number of rotatable bonds is 3. The molecule has 0 aliphatic carbocycles. The number of halogens is 1. The number of carbonyl (C=O) groups is 1. The number of hydrogen-bond acceptors (Lipinski definition) is 3. The Morgan fingerprint density at radius 1 is 1.23 bits per heavy atom. The van der Waals surface area contributed by atoms with Crippen LogP contribution in [0.25, 0.3) is 5.65 Å². The number of carbonyl (C=O) groups excluding carboxylic acids is 1. The van der Waals surface area contributed by atoms with Crippen LogP contribution in [0, 0.1) is 0 Å². The quantitative estimate of drug-likeness (QED) is 0.746. The predicted molar refractivity (Wildman–Crippen MR) is 84.9 cm³/mol. The third kappa shape index (κ3) is 2.67. The molecule has 0 saturated carbocycles. The van der Waals surface area contributed by atoms with Gasteiger partial charge in [0.15, 0.2) is 5.65 Å². The Bertz CT molecular complexity index is 812. The van der Waals surface area contributed by atoms with Crippen molar-refractivity contribution < 1.29 is 4.79 Å². The third-order valence-corrected chi connectivity index (χ3v) is 4.04. The fraction of sp³-hybridized carbons (Fsp3) is 0.188. The molecule has 1 amide bonds. The van der Waals surface area contributed by atoms with Crippen molar-refractivity contribution in [3.63, 3.8) is 0 Å². The normalized spacial score (nSPS) is 12.3. The summed E-state index contributed by atoms with van der Waals surface area (Å²) >= 11 is 5.90. The third-order valence-electron chi connectivity index (χ3n) is 3.79. The van der Waals surface area contributed by atoms with E-state index in [0.29, 0.717) is 16.2 Å². The fourth-order valence-electron chi connectivity index (χ4n) is 2.30. The van der Waals surface area contributed by atoms with Crippen molar-refractivity contribution in [3.8, 4) is 0 Å². The Morgan fingerprint density at radius 3 is 2.68 bits per heavy atom. The summed E-state index contributed by atoms with van der Waals surface area (Å²) in [6.45, 7) is 1.98. The number of benzene rings is 1. The van der Waals surface area contributed by atoms with Crippen LogP contribution in [0.1, 0.15) is 28.9 Å². The molecule has 112 valence electrons. The van der Waals surface area contributed by atoms with Crippen molar-refractivity contribution >= 4 is 23.2 Å². The van der Waals surface area contributed by atoms with Crippen LogP contribution in [0.15, 0.2) is 48.9 Å². The van der Waals surface area contributed by atoms with E-state index in [1.54, 1.807) is 41.0 Å². The molecule has 0 bridgehead atoms. The number of amides is 1. The molecule has 0 aliphatic rings. The van der Waals surface area contributed by atoms with Gasteiger partial charge in [-0.3, -0.25) is 9.20 Å². The lowest BCUT2D eigenvalue weighted by atomic mass is 10.1. The molecule has 3 aromatic rings. The molecule has 2 heterocycles. The molecule has 2 aromatic heterocycles. The lowest BCUT2D eigenvalue weighted by Gasteiger charge is -2.25. The van der Waals surface area contributed by atoms with Gasteiger partial charge in [-0.2, -0.15) is 0 Å². The monoisotopic (exact) mass is 314 g/mol. The van der Waals surface area contributed by atoms with Gasteiger partial charge in [-0.15, -0.1) is 10.2 Å². The van der Waals surface area contributed by atoms with E-state index in [2.05, 4.69) is 10.2 Å². The molecule has 0 aliphatic heterocycles. The van der Waals surface area contributed by atoms with Gasteiger partial charge < -0.3 is 4.90 Å². The zero-order valence-corrected chi connectivity index (χ0v) is 13.0. The van der Waals surface area contributed by atoms with Gasteiger partial charge in [-0.1, -0.05) is 23.7 Å². The summed E-state index contributed by atoms with van der Waals surface area (Å²) in [5.41, 5.74) is 2.34. The Kier molecular flexibility index (Phi) is 3.81. The van der Waals surface area contributed by atoms with Gasteiger partial charge in [0.2, 0.25) is 0 Å². The molecule has 3 rings (SSSR count). The summed E-state index contributed by atoms with van der Waals surface area (Å²) in [4.78, 5) is 14.3. The zero-order chi connectivity index (χ0) is 15.7. The lowest BCUT2D eigenvalue weighted by molar-refractivity contribution is 0.0742. The number of nitrogens with zero attached hydrogens (tertiary/aromatic N) is 4. The first-order valence-corrected chi connectivity index (χ1v) is 7.26. The number of hydrogen-bond donors (Lipinski definition) is 0. The molecule has 0 N–H and O–H groups in total. The van der Waals surface area contributed by atoms with Crippen molar-refractivity contribution in [2.75, 3.05) is 7.05 Å². The van der Waals surface area contributed by atoms with Crippen LogP contribution < -0.4 is 0 Å². The highest BCUT2D eigenvalue weighted by Crippen LogP contribution is 2.22. The molecule has 0 spiro atoms. The number of fused-ring (bicyclic) bond motifs is 1. The Labute approximate surface area is 133 Å². The molecule has 0 unspecified atom stereocenters. The Balaban J connectivity index is 1.85. The average molecular weight is 315 g/mol. The zero-order valence-electron chi connectivity index (χ0n) is 12.3. The molecular weight excluding hydrogens is 300 g/mol. The van der Waals surface area contributed by atoms with Gasteiger partial charge in [-0.05, 0) is 36.8 Å². The van der Waals surface area contributed by atoms with Gasteiger partial charge in [0.1, 0.15) is 6.33 Å². The van der Waals surface area contributed by atoms with E-state index in [1.165, 1.54) is 0 Å². The van der Waals surface area contributed by atoms with Crippen LogP contribution in [0.2, 0.25) is 5.02 Å². The number of aromatic nitrogens is 3. The first-order valence-electron chi connectivity index (χ1n) is 6.88. The molecule has 6 heteroatoms. The van der Waals surface area contributed by atoms with Crippen molar-refractivity contribution in [2.24, 2.45) is 0 Å². The molecule has 1 aromatic carbocycles. The minimum absolute atomic E-state index is 0.0543. The topological polar surface area (TPSA) is 50.5 Å². The van der Waals surface area contributed by atoms with Crippen molar-refractivity contribution in [3.05, 3.63) is 65.1 Å². The molecule has 0 saturated heterocycles. The molecule has 0 fully saturated rings. The molecular formula is C16H15ClN4O. The van der Waals surface area contributed by atoms with Crippen LogP contribution in [0.5, 0.6) is 0 Å². The smallest absolute Gasteiger partial charge is 0.255 e. The van der Waals surface area contributed by atoms with Crippen molar-refractivity contribution in [1.29, 1.82) is 0 Å². The second-order valence-electron chi connectivity index (χ2n) is 5.16. The molecule has 1 atom stereocenters. The van der Waals surface area contributed by atoms with E-state index < -0.39 is 0 Å². The van der Waals surface area contributed by atoms with E-state index >= 15 is 0 Å². The number of pyridine rings is 1. The Hall–Kier alpha value is -2.40. The highest BCUT2D eigenvalue weighted by molar-refractivity contribution is 6.30. The molecule has 0 radical (unpaired) electrons. The summed E-state index contributed by atoms with van der Waals surface area (Å²) in [5, 5.41) is 8.43. The lowest BCUT2D eigenvalue weighted by Crippen LogP contribution is -2.29. The highest BCUT2D eigenvalue weighted by Gasteiger charge is 2.19. The average Bonchev–Trinajstić information content (AvgIpc) is 3.01. The van der Waals surface area contributed by atoms with E-state index in [-0.39, 0.29) is 11.9 Å². The van der Waals surface area contributed by atoms with Crippen LogP contribution in [0.4, 0.5) is 0 Å². The van der Waals surface area contributed by atoms with Gasteiger partial charge >= 0.3 is 0 Å². The minimum Gasteiger partial charge on any atom is -0.335 e. The van der Waals surface area contributed by atoms with E-state index in [0.717, 1.165) is 5.56 Å². The van der Waals surface area contributed by atoms with Gasteiger partial charge in [0, 0.05) is 18.3 Å². The van der Waals surface area contributed by atoms with E-state index in [9.17, 15) is 4.79 Å². The van der Waals surface area contributed by atoms with Crippen molar-refractivity contribution in [1.82, 2.24) is 19.5 Å². The summed E-state index contributed by atoms with van der Waals surface area (Å²) in [5.74, 6) is -0.0574. The molecule has 22 heavy (non-hydrogen) atoms. The van der Waals surface area contributed by atoms with E-state index in [1.807, 2.05) is 31.2 Å². The minimum atomic E-state index is -0.0574. The van der Waals surface area contributed by atoms with E-state index in [4.69, 9.17) is 11.6 Å². The molecule has 5 nitrogen and oxygen atoms in total. The highest BCUT2D eigenvalue weighted by atomic mass is 35.5. The summed E-state index contributed by atoms with van der Waals surface area (Å²) in [6, 6.07) is 11.0. The fourth-order valence-corrected chi connectivity index (χ4v) is 2.42. The first-order chi connectivity index (χ1) is 10.6. The Morgan fingerprint density at radius 2 is 1.95 bits per heavy atom. The van der Waals surface area contributed by atoms with Crippen molar-refractivity contribution in [2.45, 2.75) is 13.0 Å². The second kappa shape index (κ2) is 5.77. The van der Waals surface area contributed by atoms with Gasteiger partial charge in [-0.25, -0.2) is 0 Å². The maximum absolute atomic E-state index is 12.6. The predicted octanol–water partition coefficient (Wildman–Crippen LogP) is 3.22. The van der Waals surface area contributed by atoms with Gasteiger partial charge in [0.05, 0.1) is 11.6 Å². The maximum atomic E-state index is 12.6. The maximum Gasteiger partial charge on any atom is 0.255 e. The van der Waals surface area contributed by atoms with Gasteiger partial charge in [0.25, 0.3) is 5.91 Å². The summed E-state index contributed by atoms with van der Waals surface area (Å²) < 4.78 is 1.73. The second-order valence-corrected chi connectivity index (χ2v) is 5.59. The summed E-state index contributed by atoms with van der Waals surface area (Å²) in [6.07, 6.45) is 3.32. The SMILES string of the molecule is C[C@@H](c1ccc(Cl)cc1)N(C)C(=O)c1ccc2nncn2c1. The van der Waals surface area contributed by atoms with Crippen LogP contribution in [-0.2, 0) is 0 Å². The first kappa shape index (κ1) is 14.5. The van der Waals surface area contributed by atoms with Crippen LogP contribution in [-0.4, -0.2) is 32.5 Å². The summed E-state index contributed by atoms with van der Waals surface area (Å²) in [7, 11) is 1.79. The standard InChI is InChI=1S/C16H15ClN4O/c1-11(12-3-6-14(17)7-4-12)20(2)16(22)13-5-8-15-19-18-10-21(15)9-13/h3-11H,1-2H3/t11-/m0/s1. The largest absolute Gasteiger partial charge is 0.335 e.